The van der Waals surface area contributed by atoms with Crippen molar-refractivity contribution in [2.75, 3.05) is 6.54 Å². The molecule has 1 heterocycles. The van der Waals surface area contributed by atoms with Gasteiger partial charge in [-0.15, -0.1) is 5.43 Å². The fourth-order valence-corrected chi connectivity index (χ4v) is 1.37. The summed E-state index contributed by atoms with van der Waals surface area (Å²) in [5, 5.41) is 12.0. The summed E-state index contributed by atoms with van der Waals surface area (Å²) in [7, 11) is 0. The zero-order valence-corrected chi connectivity index (χ0v) is 8.28. The molecule has 1 rings (SSSR count). The first-order valence-corrected chi connectivity index (χ1v) is 4.48. The predicted octanol–water partition coefficient (Wildman–Crippen LogP) is 1.15. The Balaban J connectivity index is 2.66. The standard InChI is InChI=1S/C7H12ClN3O2/c1-5(2)4-10-7(11(12)13)3-6(8)9-10/h3,5-6,9H,4H2,1-2H3. The summed E-state index contributed by atoms with van der Waals surface area (Å²) in [5.74, 6) is 0.381. The fraction of sp³-hybridized carbons (Fsp3) is 0.714. The molecule has 6 heteroatoms. The maximum Gasteiger partial charge on any atom is 0.335 e. The summed E-state index contributed by atoms with van der Waals surface area (Å²) in [4.78, 5) is 10.1. The zero-order valence-electron chi connectivity index (χ0n) is 7.53. The van der Waals surface area contributed by atoms with E-state index in [4.69, 9.17) is 11.6 Å². The maximum atomic E-state index is 10.5. The largest absolute Gasteiger partial charge is 0.358 e. The molecule has 0 radical (unpaired) electrons. The SMILES string of the molecule is CC(C)CN1NC(Cl)C=C1[N+](=O)[O-]. The minimum Gasteiger partial charge on any atom is -0.358 e. The van der Waals surface area contributed by atoms with Gasteiger partial charge in [-0.2, -0.15) is 5.01 Å². The van der Waals surface area contributed by atoms with Crippen molar-refractivity contribution >= 4 is 11.6 Å². The van der Waals surface area contributed by atoms with E-state index >= 15 is 0 Å². The Labute approximate surface area is 81.5 Å². The van der Waals surface area contributed by atoms with Gasteiger partial charge in [0.15, 0.2) is 0 Å². The van der Waals surface area contributed by atoms with Gasteiger partial charge >= 0.3 is 5.82 Å². The number of alkyl halides is 1. The maximum absolute atomic E-state index is 10.5. The van der Waals surface area contributed by atoms with Crippen molar-refractivity contribution in [3.63, 3.8) is 0 Å². The number of hydrogen-bond acceptors (Lipinski definition) is 4. The van der Waals surface area contributed by atoms with Crippen LogP contribution in [-0.4, -0.2) is 22.0 Å². The monoisotopic (exact) mass is 205 g/mol. The van der Waals surface area contributed by atoms with Crippen LogP contribution in [0.15, 0.2) is 11.9 Å². The molecule has 74 valence electrons. The first-order chi connectivity index (χ1) is 6.00. The molecule has 1 atom stereocenters. The highest BCUT2D eigenvalue weighted by atomic mass is 35.5. The van der Waals surface area contributed by atoms with Gasteiger partial charge in [0, 0.05) is 6.08 Å². The van der Waals surface area contributed by atoms with Gasteiger partial charge in [-0.3, -0.25) is 0 Å². The molecule has 0 aliphatic carbocycles. The molecule has 1 aliphatic rings. The molecule has 0 aromatic rings. The van der Waals surface area contributed by atoms with E-state index in [9.17, 15) is 10.1 Å². The smallest absolute Gasteiger partial charge is 0.335 e. The summed E-state index contributed by atoms with van der Waals surface area (Å²) in [6.45, 7) is 4.55. The lowest BCUT2D eigenvalue weighted by Gasteiger charge is -2.15. The van der Waals surface area contributed by atoms with E-state index in [1.807, 2.05) is 13.8 Å². The van der Waals surface area contributed by atoms with E-state index in [0.717, 1.165) is 0 Å². The summed E-state index contributed by atoms with van der Waals surface area (Å²) in [6.07, 6.45) is 1.39. The fourth-order valence-electron chi connectivity index (χ4n) is 1.14. The van der Waals surface area contributed by atoms with Crippen LogP contribution in [0.4, 0.5) is 0 Å². The van der Waals surface area contributed by atoms with E-state index in [0.29, 0.717) is 12.5 Å². The molecule has 0 saturated carbocycles. The number of nitro groups is 1. The van der Waals surface area contributed by atoms with Crippen LogP contribution in [0.1, 0.15) is 13.8 Å². The average Bonchev–Trinajstić information content (AvgIpc) is 2.29. The zero-order chi connectivity index (χ0) is 10.0. The van der Waals surface area contributed by atoms with Crippen LogP contribution in [0.3, 0.4) is 0 Å². The normalized spacial score (nSPS) is 22.3. The number of hydrogen-bond donors (Lipinski definition) is 1. The molecule has 1 aliphatic heterocycles. The molecule has 5 nitrogen and oxygen atoms in total. The number of nitrogens with one attached hydrogen (secondary N) is 1. The van der Waals surface area contributed by atoms with Crippen LogP contribution in [-0.2, 0) is 0 Å². The van der Waals surface area contributed by atoms with E-state index < -0.39 is 10.4 Å². The molecule has 13 heavy (non-hydrogen) atoms. The van der Waals surface area contributed by atoms with Crippen molar-refractivity contribution in [2.24, 2.45) is 5.92 Å². The molecule has 0 fully saturated rings. The summed E-state index contributed by atoms with van der Waals surface area (Å²) < 4.78 is 0. The Morgan fingerprint density at radius 2 is 2.46 bits per heavy atom. The highest BCUT2D eigenvalue weighted by Gasteiger charge is 2.31. The minimum absolute atomic E-state index is 0.0358. The number of nitrogens with zero attached hydrogens (tertiary/aromatic N) is 2. The number of halogens is 1. The minimum atomic E-state index is -0.473. The van der Waals surface area contributed by atoms with Crippen molar-refractivity contribution in [3.8, 4) is 0 Å². The number of rotatable bonds is 3. The van der Waals surface area contributed by atoms with Gasteiger partial charge in [-0.1, -0.05) is 25.4 Å². The van der Waals surface area contributed by atoms with E-state index in [1.54, 1.807) is 0 Å². The molecule has 0 amide bonds. The second kappa shape index (κ2) is 3.93. The number of hydrazine groups is 1. The lowest BCUT2D eigenvalue weighted by Crippen LogP contribution is -2.39. The van der Waals surface area contributed by atoms with E-state index in [-0.39, 0.29) is 5.82 Å². The van der Waals surface area contributed by atoms with Crippen LogP contribution < -0.4 is 5.43 Å². The van der Waals surface area contributed by atoms with Crippen molar-refractivity contribution in [3.05, 3.63) is 22.0 Å². The Hall–Kier alpha value is -0.810. The molecular formula is C7H12ClN3O2. The van der Waals surface area contributed by atoms with Crippen LogP contribution in [0.2, 0.25) is 0 Å². The quantitative estimate of drug-likeness (QED) is 0.325. The topological polar surface area (TPSA) is 58.4 Å². The second-order valence-electron chi connectivity index (χ2n) is 3.32. The Morgan fingerprint density at radius 3 is 2.92 bits per heavy atom. The van der Waals surface area contributed by atoms with Gasteiger partial charge in [0.25, 0.3) is 0 Å². The third-order valence-electron chi connectivity index (χ3n) is 1.59. The van der Waals surface area contributed by atoms with Gasteiger partial charge < -0.3 is 10.1 Å². The van der Waals surface area contributed by atoms with Crippen molar-refractivity contribution < 1.29 is 4.92 Å². The van der Waals surface area contributed by atoms with Gasteiger partial charge in [0.2, 0.25) is 0 Å². The summed E-state index contributed by atoms with van der Waals surface area (Å²) >= 11 is 5.70. The van der Waals surface area contributed by atoms with Crippen LogP contribution >= 0.6 is 11.6 Å². The molecule has 0 spiro atoms. The molecule has 0 aromatic heterocycles. The van der Waals surface area contributed by atoms with Crippen LogP contribution in [0.5, 0.6) is 0 Å². The van der Waals surface area contributed by atoms with Crippen molar-refractivity contribution in [2.45, 2.75) is 19.3 Å². The van der Waals surface area contributed by atoms with Crippen LogP contribution in [0, 0.1) is 16.0 Å². The van der Waals surface area contributed by atoms with Crippen LogP contribution in [0.25, 0.3) is 0 Å². The van der Waals surface area contributed by atoms with Crippen molar-refractivity contribution in [1.29, 1.82) is 0 Å². The Morgan fingerprint density at radius 1 is 1.85 bits per heavy atom. The molecular weight excluding hydrogens is 194 g/mol. The highest BCUT2D eigenvalue weighted by molar-refractivity contribution is 6.21. The third kappa shape index (κ3) is 2.57. The van der Waals surface area contributed by atoms with Gasteiger partial charge in [0.05, 0.1) is 0 Å². The first kappa shape index (κ1) is 10.3. The lowest BCUT2D eigenvalue weighted by molar-refractivity contribution is -0.447. The molecule has 0 aromatic carbocycles. The summed E-state index contributed by atoms with van der Waals surface area (Å²) in [6, 6.07) is 0. The Bertz CT molecular complexity index is 242. The first-order valence-electron chi connectivity index (χ1n) is 4.04. The van der Waals surface area contributed by atoms with E-state index in [2.05, 4.69) is 5.43 Å². The van der Waals surface area contributed by atoms with Gasteiger partial charge in [-0.05, 0) is 10.8 Å². The molecule has 0 saturated heterocycles. The van der Waals surface area contributed by atoms with Gasteiger partial charge in [0.1, 0.15) is 12.0 Å². The molecule has 0 bridgehead atoms. The Kier molecular flexibility index (Phi) is 3.11. The lowest BCUT2D eigenvalue weighted by atomic mass is 10.2. The van der Waals surface area contributed by atoms with E-state index in [1.165, 1.54) is 11.1 Å². The van der Waals surface area contributed by atoms with Gasteiger partial charge in [-0.25, -0.2) is 0 Å². The molecule has 1 unspecified atom stereocenters. The highest BCUT2D eigenvalue weighted by Crippen LogP contribution is 2.16. The predicted molar refractivity (Wildman–Crippen MR) is 49.4 cm³/mol. The average molecular weight is 206 g/mol. The van der Waals surface area contributed by atoms with Crippen molar-refractivity contribution in [1.82, 2.24) is 10.4 Å². The molecule has 1 N–H and O–H groups in total. The summed E-state index contributed by atoms with van der Waals surface area (Å²) in [5.41, 5.74) is 2.31. The third-order valence-corrected chi connectivity index (χ3v) is 1.81. The second-order valence-corrected chi connectivity index (χ2v) is 3.79.